The first-order valence-corrected chi connectivity index (χ1v) is 19.9. The fraction of sp³-hybridized carbons (Fsp3) is 0.526. The molecular formula is C38H52N2O9Si. The maximum absolute atomic E-state index is 14.7. The minimum atomic E-state index is -2.35. The number of likely N-dealkylation sites (tertiary alicyclic amines) is 1. The van der Waals surface area contributed by atoms with Gasteiger partial charge in [-0.15, -0.1) is 0 Å². The van der Waals surface area contributed by atoms with Gasteiger partial charge in [-0.25, -0.2) is 19.3 Å². The topological polar surface area (TPSA) is 123 Å². The van der Waals surface area contributed by atoms with Gasteiger partial charge in [-0.1, -0.05) is 69.3 Å². The van der Waals surface area contributed by atoms with E-state index < -0.39 is 55.4 Å². The summed E-state index contributed by atoms with van der Waals surface area (Å²) in [6, 6.07) is 15.4. The second kappa shape index (κ2) is 14.2. The third-order valence-corrected chi connectivity index (χ3v) is 13.4. The van der Waals surface area contributed by atoms with Crippen molar-refractivity contribution in [3.8, 4) is 0 Å². The lowest BCUT2D eigenvalue weighted by atomic mass is 9.91. The van der Waals surface area contributed by atoms with Gasteiger partial charge < -0.3 is 23.4 Å². The van der Waals surface area contributed by atoms with Gasteiger partial charge >= 0.3 is 18.3 Å². The zero-order chi connectivity index (χ0) is 37.3. The predicted octanol–water partition coefficient (Wildman–Crippen LogP) is 8.62. The summed E-state index contributed by atoms with van der Waals surface area (Å²) in [4.78, 5) is 56.3. The molecule has 0 aliphatic carbocycles. The van der Waals surface area contributed by atoms with Crippen LogP contribution >= 0.6 is 0 Å². The number of nitrogens with zero attached hydrogens (tertiary/aromatic N) is 2. The fourth-order valence-electron chi connectivity index (χ4n) is 5.48. The van der Waals surface area contributed by atoms with Crippen LogP contribution in [0.3, 0.4) is 0 Å². The molecule has 1 aliphatic rings. The van der Waals surface area contributed by atoms with Gasteiger partial charge in [0.25, 0.3) is 5.91 Å². The van der Waals surface area contributed by atoms with Gasteiger partial charge in [-0.05, 0) is 76.9 Å². The summed E-state index contributed by atoms with van der Waals surface area (Å²) in [5.74, 6) is -0.763. The highest BCUT2D eigenvalue weighted by atomic mass is 28.4. The smallest absolute Gasteiger partial charge is 0.443 e. The van der Waals surface area contributed by atoms with Gasteiger partial charge in [-0.2, -0.15) is 0 Å². The number of hydrogen-bond donors (Lipinski definition) is 0. The number of para-hydroxylation sites is 1. The predicted molar refractivity (Wildman–Crippen MR) is 192 cm³/mol. The van der Waals surface area contributed by atoms with E-state index in [0.29, 0.717) is 16.5 Å². The minimum Gasteiger partial charge on any atom is -0.443 e. The Balaban J connectivity index is 1.80. The first kappa shape index (κ1) is 38.6. The van der Waals surface area contributed by atoms with Crippen LogP contribution in [0.5, 0.6) is 0 Å². The van der Waals surface area contributed by atoms with Crippen LogP contribution in [-0.4, -0.2) is 71.5 Å². The molecule has 1 aromatic heterocycles. The van der Waals surface area contributed by atoms with Crippen LogP contribution in [0.4, 0.5) is 14.4 Å². The van der Waals surface area contributed by atoms with Crippen LogP contribution in [0.25, 0.3) is 10.9 Å². The fourth-order valence-corrected chi connectivity index (χ4v) is 6.52. The Morgan fingerprint density at radius 3 is 2.02 bits per heavy atom. The van der Waals surface area contributed by atoms with Crippen molar-refractivity contribution >= 4 is 43.5 Å². The zero-order valence-electron chi connectivity index (χ0n) is 31.2. The van der Waals surface area contributed by atoms with E-state index in [1.165, 1.54) is 4.57 Å². The Hall–Kier alpha value is -4.16. The van der Waals surface area contributed by atoms with Crippen molar-refractivity contribution in [1.82, 2.24) is 9.47 Å². The monoisotopic (exact) mass is 708 g/mol. The lowest BCUT2D eigenvalue weighted by Gasteiger charge is -2.37. The highest BCUT2D eigenvalue weighted by molar-refractivity contribution is 6.74. The Labute approximate surface area is 296 Å². The molecule has 0 spiro atoms. The third-order valence-electron chi connectivity index (χ3n) is 8.91. The first-order valence-electron chi connectivity index (χ1n) is 16.9. The van der Waals surface area contributed by atoms with E-state index in [-0.39, 0.29) is 31.1 Å². The van der Waals surface area contributed by atoms with Gasteiger partial charge in [-0.3, -0.25) is 9.36 Å². The molecule has 1 fully saturated rings. The van der Waals surface area contributed by atoms with E-state index in [9.17, 15) is 19.2 Å². The molecule has 11 nitrogen and oxygen atoms in total. The highest BCUT2D eigenvalue weighted by Gasteiger charge is 2.59. The van der Waals surface area contributed by atoms with Crippen LogP contribution in [0, 0.1) is 0 Å². The van der Waals surface area contributed by atoms with Crippen LogP contribution in [0.1, 0.15) is 79.9 Å². The highest BCUT2D eigenvalue weighted by Crippen LogP contribution is 2.41. The lowest BCUT2D eigenvalue weighted by molar-refractivity contribution is -0.145. The van der Waals surface area contributed by atoms with E-state index >= 15 is 0 Å². The molecule has 0 bridgehead atoms. The molecule has 0 saturated carbocycles. The molecule has 2 atom stereocenters. The molecule has 2 amide bonds. The summed E-state index contributed by atoms with van der Waals surface area (Å²) in [5.41, 5.74) is -1.77. The summed E-state index contributed by atoms with van der Waals surface area (Å²) in [5, 5.41) is 0.501. The summed E-state index contributed by atoms with van der Waals surface area (Å²) in [6.45, 7) is 20.8. The van der Waals surface area contributed by atoms with Crippen molar-refractivity contribution in [3.63, 3.8) is 0 Å². The number of ether oxygens (including phenoxy) is 4. The molecular weight excluding hydrogens is 657 g/mol. The van der Waals surface area contributed by atoms with E-state index in [4.69, 9.17) is 23.4 Å². The van der Waals surface area contributed by atoms with Crippen molar-refractivity contribution < 1.29 is 42.6 Å². The second-order valence-corrected chi connectivity index (χ2v) is 21.2. The number of fused-ring (bicyclic) bond motifs is 1. The number of aromatic nitrogens is 1. The summed E-state index contributed by atoms with van der Waals surface area (Å²) >= 11 is 0. The molecule has 50 heavy (non-hydrogen) atoms. The Morgan fingerprint density at radius 1 is 0.840 bits per heavy atom. The van der Waals surface area contributed by atoms with Crippen LogP contribution in [0.15, 0.2) is 60.8 Å². The van der Waals surface area contributed by atoms with Crippen LogP contribution < -0.4 is 0 Å². The molecule has 2 heterocycles. The SMILES string of the molecule is CC(C)(C)OC(=O)N1C(=O)[C@@](Cc2cn(C(=O)OC(C)(C)C)c3ccccc23)(OC(=O)OCc2ccccc2)C[C@H]1CO[Si](C)(C)C(C)(C)C. The van der Waals surface area contributed by atoms with Crippen molar-refractivity contribution in [2.45, 2.75) is 123 Å². The number of rotatable bonds is 8. The normalized spacial score (nSPS) is 18.7. The molecule has 12 heteroatoms. The quantitative estimate of drug-likeness (QED) is 0.129. The molecule has 0 N–H and O–H groups in total. The third kappa shape index (κ3) is 9.14. The average Bonchev–Trinajstić information content (AvgIpc) is 3.48. The van der Waals surface area contributed by atoms with Crippen molar-refractivity contribution in [2.24, 2.45) is 0 Å². The largest absolute Gasteiger partial charge is 0.509 e. The Kier molecular flexibility index (Phi) is 11.0. The van der Waals surface area contributed by atoms with E-state index in [0.717, 1.165) is 10.5 Å². The molecule has 1 aliphatic heterocycles. The van der Waals surface area contributed by atoms with E-state index in [1.54, 1.807) is 72.0 Å². The molecule has 4 rings (SSSR count). The van der Waals surface area contributed by atoms with Gasteiger partial charge in [0.1, 0.15) is 17.8 Å². The van der Waals surface area contributed by atoms with Crippen LogP contribution in [0.2, 0.25) is 18.1 Å². The molecule has 2 aromatic carbocycles. The Morgan fingerprint density at radius 2 is 1.42 bits per heavy atom. The molecule has 1 saturated heterocycles. The minimum absolute atomic E-state index is 0.0192. The summed E-state index contributed by atoms with van der Waals surface area (Å²) in [7, 11) is -2.35. The maximum atomic E-state index is 14.7. The first-order chi connectivity index (χ1) is 23.0. The van der Waals surface area contributed by atoms with Crippen molar-refractivity contribution in [2.75, 3.05) is 6.61 Å². The zero-order valence-corrected chi connectivity index (χ0v) is 32.2. The molecule has 272 valence electrons. The number of carbonyl (C=O) groups excluding carboxylic acids is 4. The summed E-state index contributed by atoms with van der Waals surface area (Å²) in [6.07, 6.45) is -1.22. The van der Waals surface area contributed by atoms with Crippen molar-refractivity contribution in [1.29, 1.82) is 0 Å². The number of imide groups is 1. The molecule has 3 aromatic rings. The maximum Gasteiger partial charge on any atom is 0.509 e. The lowest BCUT2D eigenvalue weighted by Crippen LogP contribution is -2.50. The van der Waals surface area contributed by atoms with Crippen LogP contribution in [-0.2, 0) is 41.2 Å². The van der Waals surface area contributed by atoms with Gasteiger partial charge in [0.15, 0.2) is 8.32 Å². The number of benzene rings is 2. The van der Waals surface area contributed by atoms with Gasteiger partial charge in [0.2, 0.25) is 5.60 Å². The molecule has 0 radical (unpaired) electrons. The van der Waals surface area contributed by atoms with E-state index in [1.807, 2.05) is 30.3 Å². The standard InChI is InChI=1S/C38H52N2O9Si/c1-35(2,3)47-32(42)39-23-27(29-19-15-16-20-30(29)39)21-38(49-34(44)45-24-26-17-13-12-14-18-26)22-28(25-46-50(10,11)37(7,8)9)40(31(38)41)33(43)48-36(4,5)6/h12-20,23,28H,21-22,24-25H2,1-11H3/t28-,38-/m0/s1. The average molecular weight is 709 g/mol. The van der Waals surface area contributed by atoms with Crippen molar-refractivity contribution in [3.05, 3.63) is 71.9 Å². The summed E-state index contributed by atoms with van der Waals surface area (Å²) < 4.78 is 30.9. The number of carbonyl (C=O) groups is 4. The van der Waals surface area contributed by atoms with E-state index in [2.05, 4.69) is 33.9 Å². The van der Waals surface area contributed by atoms with Gasteiger partial charge in [0.05, 0.1) is 18.2 Å². The molecule has 0 unspecified atom stereocenters. The second-order valence-electron chi connectivity index (χ2n) is 16.4. The van der Waals surface area contributed by atoms with Gasteiger partial charge in [0, 0.05) is 24.4 Å². The number of hydrogen-bond acceptors (Lipinski definition) is 9. The Bertz CT molecular complexity index is 1710. The number of amides is 2.